The number of rotatable bonds is 4. The fourth-order valence-electron chi connectivity index (χ4n) is 4.30. The van der Waals surface area contributed by atoms with Crippen molar-refractivity contribution in [1.82, 2.24) is 15.1 Å². The summed E-state index contributed by atoms with van der Waals surface area (Å²) in [6.45, 7) is 9.64. The molecule has 0 radical (unpaired) electrons. The highest BCUT2D eigenvalue weighted by atomic mass is 16.2. The van der Waals surface area contributed by atoms with Gasteiger partial charge in [-0.05, 0) is 46.1 Å². The van der Waals surface area contributed by atoms with E-state index >= 15 is 0 Å². The van der Waals surface area contributed by atoms with Crippen LogP contribution >= 0.6 is 0 Å². The van der Waals surface area contributed by atoms with Crippen LogP contribution in [-0.4, -0.2) is 52.7 Å². The minimum atomic E-state index is -0.259. The van der Waals surface area contributed by atoms with E-state index in [0.29, 0.717) is 38.9 Å². The summed E-state index contributed by atoms with van der Waals surface area (Å²) in [5.74, 6) is -0.156. The fraction of sp³-hybridized carbons (Fsp3) is 0.609. The van der Waals surface area contributed by atoms with Crippen molar-refractivity contribution in [2.75, 3.05) is 19.6 Å². The van der Waals surface area contributed by atoms with Crippen molar-refractivity contribution >= 4 is 17.7 Å². The Hall–Kier alpha value is -2.37. The molecule has 1 aromatic rings. The average Bonchev–Trinajstić information content (AvgIpc) is 3.10. The second-order valence-electron chi connectivity index (χ2n) is 9.32. The normalized spacial score (nSPS) is 21.9. The van der Waals surface area contributed by atoms with Gasteiger partial charge in [0.1, 0.15) is 0 Å². The zero-order valence-corrected chi connectivity index (χ0v) is 18.0. The Bertz CT molecular complexity index is 748. The number of benzene rings is 1. The van der Waals surface area contributed by atoms with Crippen LogP contribution in [0, 0.1) is 11.8 Å². The van der Waals surface area contributed by atoms with Crippen molar-refractivity contribution < 1.29 is 14.4 Å². The first-order valence-electron chi connectivity index (χ1n) is 10.6. The minimum Gasteiger partial charge on any atom is -0.349 e. The van der Waals surface area contributed by atoms with E-state index in [2.05, 4.69) is 5.32 Å². The molecule has 0 aromatic heterocycles. The number of nitrogens with one attached hydrogen (secondary N) is 1. The van der Waals surface area contributed by atoms with Crippen LogP contribution < -0.4 is 5.32 Å². The van der Waals surface area contributed by atoms with Crippen LogP contribution in [0.3, 0.4) is 0 Å². The zero-order chi connectivity index (χ0) is 21.2. The van der Waals surface area contributed by atoms with Gasteiger partial charge in [0, 0.05) is 37.5 Å². The molecule has 6 nitrogen and oxygen atoms in total. The van der Waals surface area contributed by atoms with Crippen molar-refractivity contribution in [3.05, 3.63) is 35.9 Å². The van der Waals surface area contributed by atoms with Gasteiger partial charge in [0.15, 0.2) is 0 Å². The first kappa shape index (κ1) is 21.3. The standard InChI is InChI=1S/C23H33N3O3/c1-16(17-8-6-5-7-9-17)24-21(28)18-10-12-25(13-11-18)22(29)19-14-20(27)26(15-19)23(2,3)4/h5-9,16,18-19H,10-15H2,1-4H3,(H,24,28)/t16-,19+/m0/s1. The van der Waals surface area contributed by atoms with Crippen LogP contribution in [0.5, 0.6) is 0 Å². The van der Waals surface area contributed by atoms with E-state index in [1.54, 1.807) is 4.90 Å². The van der Waals surface area contributed by atoms with E-state index in [1.807, 2.05) is 62.9 Å². The summed E-state index contributed by atoms with van der Waals surface area (Å²) in [7, 11) is 0. The molecular formula is C23H33N3O3. The lowest BCUT2D eigenvalue weighted by atomic mass is 9.94. The number of likely N-dealkylation sites (tertiary alicyclic amines) is 2. The van der Waals surface area contributed by atoms with Crippen LogP contribution in [0.4, 0.5) is 0 Å². The Morgan fingerprint density at radius 3 is 2.24 bits per heavy atom. The van der Waals surface area contributed by atoms with Gasteiger partial charge in [0.2, 0.25) is 17.7 Å². The molecule has 2 heterocycles. The van der Waals surface area contributed by atoms with E-state index in [1.165, 1.54) is 0 Å². The zero-order valence-electron chi connectivity index (χ0n) is 18.0. The Kier molecular flexibility index (Phi) is 6.30. The number of hydrogen-bond acceptors (Lipinski definition) is 3. The Labute approximate surface area is 173 Å². The van der Waals surface area contributed by atoms with Gasteiger partial charge < -0.3 is 15.1 Å². The molecule has 0 saturated carbocycles. The van der Waals surface area contributed by atoms with Crippen molar-refractivity contribution in [2.45, 2.75) is 58.5 Å². The topological polar surface area (TPSA) is 69.7 Å². The Morgan fingerprint density at radius 2 is 1.69 bits per heavy atom. The molecule has 1 N–H and O–H groups in total. The maximum atomic E-state index is 12.9. The van der Waals surface area contributed by atoms with Gasteiger partial charge in [-0.1, -0.05) is 30.3 Å². The minimum absolute atomic E-state index is 0.0313. The van der Waals surface area contributed by atoms with Crippen molar-refractivity contribution in [2.24, 2.45) is 11.8 Å². The van der Waals surface area contributed by atoms with Gasteiger partial charge in [0.05, 0.1) is 12.0 Å². The molecule has 6 heteroatoms. The largest absolute Gasteiger partial charge is 0.349 e. The summed E-state index contributed by atoms with van der Waals surface area (Å²) in [6, 6.07) is 9.89. The van der Waals surface area contributed by atoms with Crippen LogP contribution in [0.15, 0.2) is 30.3 Å². The molecule has 0 aliphatic carbocycles. The lowest BCUT2D eigenvalue weighted by Gasteiger charge is -2.34. The van der Waals surface area contributed by atoms with Crippen LogP contribution in [0.1, 0.15) is 58.6 Å². The molecule has 3 amide bonds. The predicted octanol–water partition coefficient (Wildman–Crippen LogP) is 2.75. The van der Waals surface area contributed by atoms with Crippen LogP contribution in [0.2, 0.25) is 0 Å². The molecule has 158 valence electrons. The summed E-state index contributed by atoms with van der Waals surface area (Å²) in [5.41, 5.74) is 0.829. The Balaban J connectivity index is 1.49. The van der Waals surface area contributed by atoms with Gasteiger partial charge in [0.25, 0.3) is 0 Å². The number of hydrogen-bond donors (Lipinski definition) is 1. The molecule has 1 aromatic carbocycles. The van der Waals surface area contributed by atoms with Gasteiger partial charge in [-0.3, -0.25) is 14.4 Å². The maximum absolute atomic E-state index is 12.9. The summed E-state index contributed by atoms with van der Waals surface area (Å²) >= 11 is 0. The highest BCUT2D eigenvalue weighted by Crippen LogP contribution is 2.28. The molecule has 0 unspecified atom stereocenters. The SMILES string of the molecule is C[C@H](NC(=O)C1CCN(C(=O)[C@@H]2CC(=O)N(C(C)(C)C)C2)CC1)c1ccccc1. The van der Waals surface area contributed by atoms with Crippen LogP contribution in [-0.2, 0) is 14.4 Å². The quantitative estimate of drug-likeness (QED) is 0.846. The molecule has 2 aliphatic rings. The second kappa shape index (κ2) is 8.56. The first-order chi connectivity index (χ1) is 13.7. The van der Waals surface area contributed by atoms with E-state index in [9.17, 15) is 14.4 Å². The van der Waals surface area contributed by atoms with Gasteiger partial charge in [-0.25, -0.2) is 0 Å². The third-order valence-corrected chi connectivity index (χ3v) is 6.12. The summed E-state index contributed by atoms with van der Waals surface area (Å²) < 4.78 is 0. The molecule has 2 saturated heterocycles. The predicted molar refractivity (Wildman–Crippen MR) is 112 cm³/mol. The third kappa shape index (κ3) is 4.98. The van der Waals surface area contributed by atoms with Crippen molar-refractivity contribution in [3.8, 4) is 0 Å². The van der Waals surface area contributed by atoms with E-state index in [-0.39, 0.29) is 41.1 Å². The second-order valence-corrected chi connectivity index (χ2v) is 9.32. The molecule has 0 spiro atoms. The smallest absolute Gasteiger partial charge is 0.227 e. The third-order valence-electron chi connectivity index (χ3n) is 6.12. The molecule has 3 rings (SSSR count). The van der Waals surface area contributed by atoms with Crippen LogP contribution in [0.25, 0.3) is 0 Å². The van der Waals surface area contributed by atoms with E-state index < -0.39 is 0 Å². The van der Waals surface area contributed by atoms with E-state index in [4.69, 9.17) is 0 Å². The van der Waals surface area contributed by atoms with Crippen molar-refractivity contribution in [1.29, 1.82) is 0 Å². The number of piperidine rings is 1. The highest BCUT2D eigenvalue weighted by molar-refractivity contribution is 5.90. The number of nitrogens with zero attached hydrogens (tertiary/aromatic N) is 2. The van der Waals surface area contributed by atoms with E-state index in [0.717, 1.165) is 5.56 Å². The van der Waals surface area contributed by atoms with Gasteiger partial charge >= 0.3 is 0 Å². The Morgan fingerprint density at radius 1 is 1.07 bits per heavy atom. The lowest BCUT2D eigenvalue weighted by Crippen LogP contribution is -2.46. The molecular weight excluding hydrogens is 366 g/mol. The number of carbonyl (C=O) groups is 3. The maximum Gasteiger partial charge on any atom is 0.227 e. The highest BCUT2D eigenvalue weighted by Gasteiger charge is 2.41. The summed E-state index contributed by atoms with van der Waals surface area (Å²) in [5, 5.41) is 3.10. The summed E-state index contributed by atoms with van der Waals surface area (Å²) in [6.07, 6.45) is 1.64. The number of carbonyl (C=O) groups excluding carboxylic acids is 3. The molecule has 29 heavy (non-hydrogen) atoms. The van der Waals surface area contributed by atoms with Gasteiger partial charge in [-0.15, -0.1) is 0 Å². The molecule has 0 bridgehead atoms. The lowest BCUT2D eigenvalue weighted by molar-refractivity contribution is -0.139. The molecule has 2 atom stereocenters. The number of amides is 3. The monoisotopic (exact) mass is 399 g/mol. The van der Waals surface area contributed by atoms with Crippen molar-refractivity contribution in [3.63, 3.8) is 0 Å². The average molecular weight is 400 g/mol. The fourth-order valence-corrected chi connectivity index (χ4v) is 4.30. The first-order valence-corrected chi connectivity index (χ1v) is 10.6. The van der Waals surface area contributed by atoms with Gasteiger partial charge in [-0.2, -0.15) is 0 Å². The summed E-state index contributed by atoms with van der Waals surface area (Å²) in [4.78, 5) is 41.5. The molecule has 2 fully saturated rings. The molecule has 2 aliphatic heterocycles.